The van der Waals surface area contributed by atoms with Crippen molar-refractivity contribution >= 4 is 27.9 Å². The van der Waals surface area contributed by atoms with Crippen LogP contribution in [0.1, 0.15) is 30.5 Å². The number of carbonyl (C=O) groups excluding carboxylic acids is 1. The van der Waals surface area contributed by atoms with Gasteiger partial charge in [0.25, 0.3) is 0 Å². The lowest BCUT2D eigenvalue weighted by atomic mass is 9.85. The lowest BCUT2D eigenvalue weighted by Crippen LogP contribution is -2.34. The molecule has 1 amide bonds. The molecule has 0 saturated heterocycles. The molecule has 2 aromatic carbocycles. The minimum absolute atomic E-state index is 0.00118. The van der Waals surface area contributed by atoms with Gasteiger partial charge in [0.2, 0.25) is 5.91 Å². The molecule has 0 spiro atoms. The lowest BCUT2D eigenvalue weighted by Gasteiger charge is -2.25. The summed E-state index contributed by atoms with van der Waals surface area (Å²) in [6.07, 6.45) is 4.36. The third-order valence-electron chi connectivity index (χ3n) is 3.84. The summed E-state index contributed by atoms with van der Waals surface area (Å²) in [6.45, 7) is 7.02. The molecule has 0 radical (unpaired) electrons. The van der Waals surface area contributed by atoms with Crippen LogP contribution in [0.15, 0.2) is 59.1 Å². The summed E-state index contributed by atoms with van der Waals surface area (Å²) in [5.41, 5.74) is 3.52. The van der Waals surface area contributed by atoms with Crippen molar-refractivity contribution in [2.75, 3.05) is 6.54 Å². The van der Waals surface area contributed by atoms with E-state index in [4.69, 9.17) is 0 Å². The van der Waals surface area contributed by atoms with E-state index in [1.165, 1.54) is 11.1 Å². The number of halogens is 1. The summed E-state index contributed by atoms with van der Waals surface area (Å²) < 4.78 is 1.08. The van der Waals surface area contributed by atoms with E-state index < -0.39 is 0 Å². The smallest absolute Gasteiger partial charge is 0.244 e. The molecule has 2 aromatic rings. The monoisotopic (exact) mass is 385 g/mol. The summed E-state index contributed by atoms with van der Waals surface area (Å²) in [6, 6.07) is 16.4. The Balaban J connectivity index is 1.85. The number of amides is 1. The number of hydrogen-bond donors (Lipinski definition) is 1. The molecular weight excluding hydrogens is 362 g/mol. The third-order valence-corrected chi connectivity index (χ3v) is 4.37. The molecule has 1 N–H and O–H groups in total. The van der Waals surface area contributed by atoms with Gasteiger partial charge in [-0.05, 0) is 48.1 Å². The molecule has 0 aliphatic heterocycles. The van der Waals surface area contributed by atoms with Gasteiger partial charge in [-0.1, -0.05) is 71.7 Å². The maximum atomic E-state index is 12.0. The van der Waals surface area contributed by atoms with Gasteiger partial charge in [0.05, 0.1) is 0 Å². The van der Waals surface area contributed by atoms with Crippen molar-refractivity contribution in [3.63, 3.8) is 0 Å². The molecule has 0 saturated carbocycles. The minimum atomic E-state index is -0.0561. The average molecular weight is 386 g/mol. The zero-order valence-electron chi connectivity index (χ0n) is 14.5. The first-order chi connectivity index (χ1) is 11.3. The Kier molecular flexibility index (Phi) is 6.38. The second-order valence-corrected chi connectivity index (χ2v) is 7.84. The fourth-order valence-corrected chi connectivity index (χ4v) is 2.72. The first-order valence-electron chi connectivity index (χ1n) is 8.11. The number of benzene rings is 2. The van der Waals surface area contributed by atoms with E-state index in [1.807, 2.05) is 49.4 Å². The molecule has 126 valence electrons. The van der Waals surface area contributed by atoms with Crippen LogP contribution < -0.4 is 5.32 Å². The van der Waals surface area contributed by atoms with Gasteiger partial charge in [-0.3, -0.25) is 4.79 Å². The Hall–Kier alpha value is -1.87. The maximum absolute atomic E-state index is 12.0. The zero-order chi connectivity index (χ0) is 17.6. The van der Waals surface area contributed by atoms with Crippen LogP contribution in [0.5, 0.6) is 0 Å². The predicted molar refractivity (Wildman–Crippen MR) is 105 cm³/mol. The highest BCUT2D eigenvalue weighted by Crippen LogP contribution is 2.22. The molecule has 3 heteroatoms. The van der Waals surface area contributed by atoms with Crippen LogP contribution in [-0.4, -0.2) is 12.5 Å². The van der Waals surface area contributed by atoms with Crippen LogP contribution in [0.25, 0.3) is 6.08 Å². The highest BCUT2D eigenvalue weighted by atomic mass is 79.9. The van der Waals surface area contributed by atoms with E-state index in [0.29, 0.717) is 6.54 Å². The van der Waals surface area contributed by atoms with Crippen molar-refractivity contribution in [3.05, 3.63) is 75.8 Å². The van der Waals surface area contributed by atoms with Crippen LogP contribution in [0.3, 0.4) is 0 Å². The van der Waals surface area contributed by atoms with Crippen molar-refractivity contribution in [1.29, 1.82) is 0 Å². The number of carbonyl (C=O) groups is 1. The first-order valence-corrected chi connectivity index (χ1v) is 8.90. The third kappa shape index (κ3) is 6.32. The Morgan fingerprint density at radius 3 is 2.33 bits per heavy atom. The summed E-state index contributed by atoms with van der Waals surface area (Å²) in [4.78, 5) is 12.0. The van der Waals surface area contributed by atoms with Crippen molar-refractivity contribution in [3.8, 4) is 0 Å². The molecule has 24 heavy (non-hydrogen) atoms. The van der Waals surface area contributed by atoms with Gasteiger partial charge >= 0.3 is 0 Å². The molecule has 0 heterocycles. The van der Waals surface area contributed by atoms with Gasteiger partial charge in [-0.2, -0.15) is 0 Å². The highest BCUT2D eigenvalue weighted by molar-refractivity contribution is 9.10. The van der Waals surface area contributed by atoms with Crippen molar-refractivity contribution in [1.82, 2.24) is 5.32 Å². The topological polar surface area (TPSA) is 29.1 Å². The normalized spacial score (nSPS) is 11.7. The van der Waals surface area contributed by atoms with E-state index in [0.717, 1.165) is 16.5 Å². The molecule has 0 unspecified atom stereocenters. The number of nitrogens with one attached hydrogen (secondary N) is 1. The van der Waals surface area contributed by atoms with Gasteiger partial charge in [0.1, 0.15) is 0 Å². The van der Waals surface area contributed by atoms with E-state index in [1.54, 1.807) is 6.08 Å². The standard InChI is InChI=1S/C21H24BrNO/c1-16-4-6-17(7-5-16)10-13-20(24)23-15-21(2,3)14-18-8-11-19(22)12-9-18/h4-13H,14-15H2,1-3H3,(H,23,24)/b13-10+. The largest absolute Gasteiger partial charge is 0.352 e. The van der Waals surface area contributed by atoms with Crippen LogP contribution >= 0.6 is 15.9 Å². The van der Waals surface area contributed by atoms with Gasteiger partial charge in [0.15, 0.2) is 0 Å². The molecule has 0 atom stereocenters. The van der Waals surface area contributed by atoms with Gasteiger partial charge in [0, 0.05) is 17.1 Å². The molecule has 2 nitrogen and oxygen atoms in total. The summed E-state index contributed by atoms with van der Waals surface area (Å²) in [5, 5.41) is 3.00. The van der Waals surface area contributed by atoms with Crippen molar-refractivity contribution < 1.29 is 4.79 Å². The molecule has 0 aliphatic rings. The van der Waals surface area contributed by atoms with Gasteiger partial charge < -0.3 is 5.32 Å². The SMILES string of the molecule is Cc1ccc(/C=C/C(=O)NCC(C)(C)Cc2ccc(Br)cc2)cc1. The minimum Gasteiger partial charge on any atom is -0.352 e. The predicted octanol–water partition coefficient (Wildman–Crippen LogP) is 5.16. The van der Waals surface area contributed by atoms with Crippen molar-refractivity contribution in [2.24, 2.45) is 5.41 Å². The Morgan fingerprint density at radius 2 is 1.71 bits per heavy atom. The molecule has 0 bridgehead atoms. The van der Waals surface area contributed by atoms with Crippen LogP contribution in [0.4, 0.5) is 0 Å². The van der Waals surface area contributed by atoms with Gasteiger partial charge in [-0.25, -0.2) is 0 Å². The second-order valence-electron chi connectivity index (χ2n) is 6.93. The number of aryl methyl sites for hydroxylation is 1. The summed E-state index contributed by atoms with van der Waals surface area (Å²) >= 11 is 3.45. The Morgan fingerprint density at radius 1 is 1.08 bits per heavy atom. The van der Waals surface area contributed by atoms with E-state index in [9.17, 15) is 4.79 Å². The maximum Gasteiger partial charge on any atom is 0.244 e. The molecule has 2 rings (SSSR count). The van der Waals surface area contributed by atoms with E-state index >= 15 is 0 Å². The summed E-state index contributed by atoms with van der Waals surface area (Å²) in [7, 11) is 0. The van der Waals surface area contributed by atoms with Crippen LogP contribution in [0.2, 0.25) is 0 Å². The fourth-order valence-electron chi connectivity index (χ4n) is 2.45. The first kappa shape index (κ1) is 18.5. The number of hydrogen-bond acceptors (Lipinski definition) is 1. The van der Waals surface area contributed by atoms with E-state index in [-0.39, 0.29) is 11.3 Å². The molecular formula is C21H24BrNO. The Bertz CT molecular complexity index is 700. The molecule has 0 aliphatic carbocycles. The average Bonchev–Trinajstić information content (AvgIpc) is 2.54. The lowest BCUT2D eigenvalue weighted by molar-refractivity contribution is -0.116. The second kappa shape index (κ2) is 8.29. The van der Waals surface area contributed by atoms with Crippen LogP contribution in [0, 0.1) is 12.3 Å². The van der Waals surface area contributed by atoms with Crippen LogP contribution in [-0.2, 0) is 11.2 Å². The van der Waals surface area contributed by atoms with Crippen molar-refractivity contribution in [2.45, 2.75) is 27.2 Å². The number of rotatable bonds is 6. The van der Waals surface area contributed by atoms with Gasteiger partial charge in [-0.15, -0.1) is 0 Å². The molecule has 0 fully saturated rings. The quantitative estimate of drug-likeness (QED) is 0.683. The zero-order valence-corrected chi connectivity index (χ0v) is 16.1. The fraction of sp³-hybridized carbons (Fsp3) is 0.286. The van der Waals surface area contributed by atoms with E-state index in [2.05, 4.69) is 47.2 Å². The molecule has 0 aromatic heterocycles. The Labute approximate surface area is 153 Å². The highest BCUT2D eigenvalue weighted by Gasteiger charge is 2.19. The summed E-state index contributed by atoms with van der Waals surface area (Å²) in [5.74, 6) is -0.0561.